The molecule has 0 aliphatic carbocycles. The molecule has 7 heteroatoms. The van der Waals surface area contributed by atoms with Crippen molar-refractivity contribution >= 4 is 28.2 Å². The van der Waals surface area contributed by atoms with Crippen LogP contribution in [0.4, 0.5) is 18.3 Å². The third kappa shape index (κ3) is 3.22. The average molecular weight is 304 g/mol. The monoisotopic (exact) mass is 304 g/mol. The Labute approximate surface area is 117 Å². The fourth-order valence-electron chi connectivity index (χ4n) is 1.44. The van der Waals surface area contributed by atoms with Crippen LogP contribution < -0.4 is 5.32 Å². The number of thiazole rings is 1. The van der Waals surface area contributed by atoms with E-state index in [9.17, 15) is 13.2 Å². The minimum absolute atomic E-state index is 0.141. The summed E-state index contributed by atoms with van der Waals surface area (Å²) in [5.74, 6) is -2.70. The van der Waals surface area contributed by atoms with Gasteiger partial charge in [-0.15, -0.1) is 11.8 Å². The van der Waals surface area contributed by atoms with Gasteiger partial charge in [0.1, 0.15) is 5.82 Å². The molecule has 0 aliphatic heterocycles. The molecule has 0 fully saturated rings. The van der Waals surface area contributed by atoms with Crippen LogP contribution in [0.5, 0.6) is 0 Å². The molecule has 1 N–H and O–H groups in total. The Bertz CT molecular complexity index is 599. The Balaban J connectivity index is 2.14. The highest BCUT2D eigenvalue weighted by molar-refractivity contribution is 8.00. The topological polar surface area (TPSA) is 24.9 Å². The van der Waals surface area contributed by atoms with E-state index in [1.807, 2.05) is 6.92 Å². The number of benzene rings is 1. The van der Waals surface area contributed by atoms with Crippen molar-refractivity contribution in [3.63, 3.8) is 0 Å². The second kappa shape index (κ2) is 5.83. The van der Waals surface area contributed by atoms with Gasteiger partial charge >= 0.3 is 0 Å². The van der Waals surface area contributed by atoms with Crippen molar-refractivity contribution in [2.24, 2.45) is 0 Å². The predicted octanol–water partition coefficient (Wildman–Crippen LogP) is 4.20. The Morgan fingerprint density at radius 1 is 1.21 bits per heavy atom. The molecule has 1 aromatic carbocycles. The second-order valence-electron chi connectivity index (χ2n) is 3.79. The molecule has 0 radical (unpaired) electrons. The molecule has 2 nitrogen and oxygen atoms in total. The van der Waals surface area contributed by atoms with Crippen LogP contribution in [0.15, 0.2) is 16.3 Å². The van der Waals surface area contributed by atoms with Gasteiger partial charge in [0.15, 0.2) is 16.8 Å². The van der Waals surface area contributed by atoms with E-state index in [0.29, 0.717) is 6.07 Å². The van der Waals surface area contributed by atoms with Gasteiger partial charge in [-0.1, -0.05) is 11.3 Å². The lowest BCUT2D eigenvalue weighted by molar-refractivity contribution is 0.492. The van der Waals surface area contributed by atoms with E-state index in [2.05, 4.69) is 10.3 Å². The number of aryl methyl sites for hydroxylation is 1. The molecule has 0 saturated carbocycles. The zero-order valence-corrected chi connectivity index (χ0v) is 11.9. The van der Waals surface area contributed by atoms with Crippen LogP contribution in [-0.2, 0) is 5.75 Å². The molecule has 1 aromatic heterocycles. The third-order valence-electron chi connectivity index (χ3n) is 2.42. The molecule has 2 rings (SSSR count). The van der Waals surface area contributed by atoms with Crippen LogP contribution in [0, 0.1) is 24.4 Å². The quantitative estimate of drug-likeness (QED) is 0.677. The summed E-state index contributed by atoms with van der Waals surface area (Å²) in [4.78, 5) is 4.25. The molecule has 0 aliphatic rings. The van der Waals surface area contributed by atoms with E-state index in [-0.39, 0.29) is 11.3 Å². The lowest BCUT2D eigenvalue weighted by Gasteiger charge is -2.03. The predicted molar refractivity (Wildman–Crippen MR) is 72.3 cm³/mol. The molecule has 0 amide bonds. The summed E-state index contributed by atoms with van der Waals surface area (Å²) in [5, 5.41) is 3.69. The van der Waals surface area contributed by atoms with Gasteiger partial charge in [-0.05, 0) is 13.0 Å². The first-order valence-electron chi connectivity index (χ1n) is 5.42. The minimum Gasteiger partial charge on any atom is -0.365 e. The fourth-order valence-corrected chi connectivity index (χ4v) is 3.51. The van der Waals surface area contributed by atoms with Crippen molar-refractivity contribution in [2.75, 3.05) is 12.4 Å². The Morgan fingerprint density at radius 3 is 2.53 bits per heavy atom. The number of hydrogen-bond donors (Lipinski definition) is 1. The van der Waals surface area contributed by atoms with E-state index in [4.69, 9.17) is 0 Å². The molecule has 102 valence electrons. The highest BCUT2D eigenvalue weighted by Crippen LogP contribution is 2.34. The van der Waals surface area contributed by atoms with Gasteiger partial charge in [0.25, 0.3) is 0 Å². The first-order chi connectivity index (χ1) is 9.01. The van der Waals surface area contributed by atoms with Gasteiger partial charge < -0.3 is 5.32 Å². The van der Waals surface area contributed by atoms with Gasteiger partial charge in [-0.2, -0.15) is 0 Å². The first kappa shape index (κ1) is 14.2. The number of thioether (sulfide) groups is 1. The molecule has 0 saturated heterocycles. The number of nitrogens with one attached hydrogen (secondary N) is 1. The molecule has 0 bridgehead atoms. The first-order valence-corrected chi connectivity index (χ1v) is 7.23. The smallest absolute Gasteiger partial charge is 0.183 e. The van der Waals surface area contributed by atoms with Gasteiger partial charge in [0, 0.05) is 24.4 Å². The maximum absolute atomic E-state index is 13.5. The van der Waals surface area contributed by atoms with E-state index >= 15 is 0 Å². The van der Waals surface area contributed by atoms with Crippen molar-refractivity contribution in [2.45, 2.75) is 16.9 Å². The lowest BCUT2D eigenvalue weighted by atomic mass is 10.2. The average Bonchev–Trinajstić information content (AvgIpc) is 2.73. The van der Waals surface area contributed by atoms with E-state index in [1.54, 1.807) is 7.05 Å². The lowest BCUT2D eigenvalue weighted by Crippen LogP contribution is -1.93. The number of nitrogens with zero attached hydrogens (tertiary/aromatic N) is 1. The highest BCUT2D eigenvalue weighted by atomic mass is 32.2. The summed E-state index contributed by atoms with van der Waals surface area (Å²) in [7, 11) is 1.77. The molecular formula is C12H11F3N2S2. The molecule has 0 atom stereocenters. The van der Waals surface area contributed by atoms with Crippen LogP contribution in [0.25, 0.3) is 0 Å². The third-order valence-corrected chi connectivity index (χ3v) is 5.00. The summed E-state index contributed by atoms with van der Waals surface area (Å²) in [6.45, 7) is 1.85. The van der Waals surface area contributed by atoms with E-state index < -0.39 is 17.5 Å². The van der Waals surface area contributed by atoms with Crippen LogP contribution in [-0.4, -0.2) is 12.0 Å². The zero-order chi connectivity index (χ0) is 14.0. The standard InChI is InChI=1S/C12H11F3N2S2/c1-6-11(19-12(16-2)17-6)18-5-7-3-9(14)10(15)4-8(7)13/h3-4H,5H2,1-2H3,(H,16,17). The largest absolute Gasteiger partial charge is 0.365 e. The normalized spacial score (nSPS) is 10.8. The number of anilines is 1. The van der Waals surface area contributed by atoms with Crippen molar-refractivity contribution in [3.8, 4) is 0 Å². The Morgan fingerprint density at radius 2 is 1.89 bits per heavy atom. The maximum atomic E-state index is 13.5. The SMILES string of the molecule is CNc1nc(C)c(SCc2cc(F)c(F)cc2F)s1. The summed E-state index contributed by atoms with van der Waals surface area (Å²) < 4.78 is 40.2. The molecule has 0 spiro atoms. The Kier molecular flexibility index (Phi) is 4.36. The maximum Gasteiger partial charge on any atom is 0.183 e. The van der Waals surface area contributed by atoms with E-state index in [1.165, 1.54) is 23.1 Å². The van der Waals surface area contributed by atoms with Crippen molar-refractivity contribution in [3.05, 3.63) is 40.8 Å². The fraction of sp³-hybridized carbons (Fsp3) is 0.250. The molecular weight excluding hydrogens is 293 g/mol. The van der Waals surface area contributed by atoms with Crippen LogP contribution in [0.3, 0.4) is 0 Å². The van der Waals surface area contributed by atoms with Crippen molar-refractivity contribution in [1.29, 1.82) is 0 Å². The molecule has 0 unspecified atom stereocenters. The number of aromatic nitrogens is 1. The molecule has 19 heavy (non-hydrogen) atoms. The van der Waals surface area contributed by atoms with Gasteiger partial charge in [-0.3, -0.25) is 0 Å². The molecule has 2 aromatic rings. The van der Waals surface area contributed by atoms with Crippen molar-refractivity contribution in [1.82, 2.24) is 4.98 Å². The second-order valence-corrected chi connectivity index (χ2v) is 6.03. The summed E-state index contributed by atoms with van der Waals surface area (Å²) in [5.41, 5.74) is 0.977. The van der Waals surface area contributed by atoms with Gasteiger partial charge in [-0.25, -0.2) is 18.2 Å². The Hall–Kier alpha value is -1.21. The number of halogens is 3. The summed E-state index contributed by atoms with van der Waals surface area (Å²) in [6, 6.07) is 1.47. The highest BCUT2D eigenvalue weighted by Gasteiger charge is 2.12. The minimum atomic E-state index is -1.17. The number of rotatable bonds is 4. The van der Waals surface area contributed by atoms with Crippen molar-refractivity contribution < 1.29 is 13.2 Å². The molecule has 1 heterocycles. The van der Waals surface area contributed by atoms with Gasteiger partial charge in [0.2, 0.25) is 0 Å². The number of hydrogen-bond acceptors (Lipinski definition) is 4. The van der Waals surface area contributed by atoms with Crippen LogP contribution >= 0.6 is 23.1 Å². The van der Waals surface area contributed by atoms with Crippen LogP contribution in [0.1, 0.15) is 11.3 Å². The van der Waals surface area contributed by atoms with Gasteiger partial charge in [0.05, 0.1) is 9.90 Å². The summed E-state index contributed by atoms with van der Waals surface area (Å²) >= 11 is 2.79. The van der Waals surface area contributed by atoms with Crippen LogP contribution in [0.2, 0.25) is 0 Å². The van der Waals surface area contributed by atoms with E-state index in [0.717, 1.165) is 21.1 Å². The summed E-state index contributed by atoms with van der Waals surface area (Å²) in [6.07, 6.45) is 0. The zero-order valence-electron chi connectivity index (χ0n) is 10.3.